The van der Waals surface area contributed by atoms with Crippen molar-refractivity contribution >= 4 is 0 Å². The average molecular weight is 136 g/mol. The summed E-state index contributed by atoms with van der Waals surface area (Å²) >= 11 is 0. The predicted octanol–water partition coefficient (Wildman–Crippen LogP) is -0.429. The fourth-order valence-electron chi connectivity index (χ4n) is 0.423. The Bertz CT molecular complexity index is 64.8. The van der Waals surface area contributed by atoms with E-state index < -0.39 is 0 Å². The topological polar surface area (TPSA) is 0 Å². The third-order valence-corrected chi connectivity index (χ3v) is 1.06. The summed E-state index contributed by atoms with van der Waals surface area (Å²) in [5.74, 6) is 0. The maximum Gasteiger partial charge on any atom is 1.00 e. The molecule has 0 amide bonds. The van der Waals surface area contributed by atoms with Gasteiger partial charge in [0.2, 0.25) is 0 Å². The van der Waals surface area contributed by atoms with Gasteiger partial charge in [-0.05, 0) is 13.8 Å². The molecule has 0 spiro atoms. The van der Waals surface area contributed by atoms with Gasteiger partial charge in [0.15, 0.2) is 0 Å². The van der Waals surface area contributed by atoms with Gasteiger partial charge in [-0.1, -0.05) is 18.1 Å². The number of hydrogen-bond acceptors (Lipinski definition) is 0. The van der Waals surface area contributed by atoms with Crippen LogP contribution in [0, 0.1) is 6.92 Å². The Morgan fingerprint density at radius 3 is 2.25 bits per heavy atom. The predicted molar refractivity (Wildman–Crippen MR) is 34.0 cm³/mol. The Morgan fingerprint density at radius 2 is 2.12 bits per heavy atom. The van der Waals surface area contributed by atoms with Crippen LogP contribution in [-0.2, 0) is 0 Å². The SMILES string of the molecule is [CH2-]CC/C(C)=C\C.[K+]. The molecular weight excluding hydrogens is 123 g/mol. The number of allylic oxidation sites excluding steroid dienone is 2. The van der Waals surface area contributed by atoms with Gasteiger partial charge in [-0.15, -0.1) is 0 Å². The minimum absolute atomic E-state index is 0. The zero-order chi connectivity index (χ0) is 5.70. The van der Waals surface area contributed by atoms with Gasteiger partial charge < -0.3 is 6.92 Å². The summed E-state index contributed by atoms with van der Waals surface area (Å²) in [6.07, 6.45) is 4.30. The second-order valence-corrected chi connectivity index (χ2v) is 1.74. The standard InChI is InChI=1S/C7H13.K/c1-4-6-7(3)5-2;/h5H,1,4,6H2,2-3H3;/q-1;+1/b7-5-;. The fraction of sp³-hybridized carbons (Fsp3) is 0.571. The molecule has 0 saturated carbocycles. The Kier molecular flexibility index (Phi) is 12.7. The summed E-state index contributed by atoms with van der Waals surface area (Å²) in [4.78, 5) is 0. The molecule has 0 radical (unpaired) electrons. The van der Waals surface area contributed by atoms with E-state index in [0.717, 1.165) is 12.8 Å². The molecule has 0 heterocycles. The largest absolute Gasteiger partial charge is 1.00 e. The molecule has 0 fully saturated rings. The Hall–Kier alpha value is 1.38. The van der Waals surface area contributed by atoms with Crippen LogP contribution in [0.1, 0.15) is 26.7 Å². The van der Waals surface area contributed by atoms with Gasteiger partial charge >= 0.3 is 51.4 Å². The van der Waals surface area contributed by atoms with Gasteiger partial charge in [0.05, 0.1) is 0 Å². The zero-order valence-corrected chi connectivity index (χ0v) is 9.32. The minimum atomic E-state index is 0. The quantitative estimate of drug-likeness (QED) is 0.274. The Balaban J connectivity index is 0. The number of rotatable bonds is 2. The van der Waals surface area contributed by atoms with Gasteiger partial charge in [-0.3, -0.25) is 0 Å². The molecule has 42 valence electrons. The molecule has 0 aromatic heterocycles. The van der Waals surface area contributed by atoms with E-state index in [0.29, 0.717) is 0 Å². The van der Waals surface area contributed by atoms with Crippen LogP contribution in [0.25, 0.3) is 0 Å². The monoisotopic (exact) mass is 136 g/mol. The maximum absolute atomic E-state index is 3.73. The molecule has 0 aromatic rings. The second-order valence-electron chi connectivity index (χ2n) is 1.74. The van der Waals surface area contributed by atoms with Crippen molar-refractivity contribution in [1.82, 2.24) is 0 Å². The first-order valence-electron chi connectivity index (χ1n) is 2.72. The molecule has 0 saturated heterocycles. The van der Waals surface area contributed by atoms with Crippen LogP contribution >= 0.6 is 0 Å². The van der Waals surface area contributed by atoms with Crippen molar-refractivity contribution in [2.75, 3.05) is 0 Å². The first-order chi connectivity index (χ1) is 3.31. The molecule has 0 aromatic carbocycles. The van der Waals surface area contributed by atoms with Gasteiger partial charge in [-0.25, -0.2) is 0 Å². The van der Waals surface area contributed by atoms with Crippen LogP contribution in [-0.4, -0.2) is 0 Å². The van der Waals surface area contributed by atoms with Crippen LogP contribution in [0.2, 0.25) is 0 Å². The normalized spacial score (nSPS) is 10.6. The van der Waals surface area contributed by atoms with E-state index in [-0.39, 0.29) is 51.4 Å². The van der Waals surface area contributed by atoms with Crippen molar-refractivity contribution in [2.45, 2.75) is 26.7 Å². The molecule has 1 heteroatoms. The van der Waals surface area contributed by atoms with Gasteiger partial charge in [-0.2, -0.15) is 6.42 Å². The van der Waals surface area contributed by atoms with E-state index in [9.17, 15) is 0 Å². The Morgan fingerprint density at radius 1 is 1.62 bits per heavy atom. The molecule has 0 aliphatic rings. The van der Waals surface area contributed by atoms with Gasteiger partial charge in [0.1, 0.15) is 0 Å². The summed E-state index contributed by atoms with van der Waals surface area (Å²) < 4.78 is 0. The van der Waals surface area contributed by atoms with Crippen LogP contribution in [0.3, 0.4) is 0 Å². The first-order valence-corrected chi connectivity index (χ1v) is 2.72. The summed E-state index contributed by atoms with van der Waals surface area (Å²) in [7, 11) is 0. The van der Waals surface area contributed by atoms with E-state index >= 15 is 0 Å². The van der Waals surface area contributed by atoms with Crippen molar-refractivity contribution in [2.24, 2.45) is 0 Å². The van der Waals surface area contributed by atoms with Crippen LogP contribution in [0.4, 0.5) is 0 Å². The molecule has 0 bridgehead atoms. The Labute approximate surface area is 95.2 Å². The third kappa shape index (κ3) is 7.38. The summed E-state index contributed by atoms with van der Waals surface area (Å²) in [5, 5.41) is 0. The molecule has 0 nitrogen and oxygen atoms in total. The maximum atomic E-state index is 3.73. The molecule has 0 atom stereocenters. The first kappa shape index (κ1) is 12.1. The average Bonchev–Trinajstić information content (AvgIpc) is 1.68. The van der Waals surface area contributed by atoms with Crippen molar-refractivity contribution in [3.8, 4) is 0 Å². The van der Waals surface area contributed by atoms with E-state index in [1.807, 2.05) is 0 Å². The van der Waals surface area contributed by atoms with Gasteiger partial charge in [0.25, 0.3) is 0 Å². The molecule has 0 N–H and O–H groups in total. The molecule has 0 aliphatic heterocycles. The van der Waals surface area contributed by atoms with Crippen molar-refractivity contribution < 1.29 is 51.4 Å². The molecule has 0 aliphatic carbocycles. The van der Waals surface area contributed by atoms with E-state index in [2.05, 4.69) is 26.8 Å². The molecule has 8 heavy (non-hydrogen) atoms. The smallest absolute Gasteiger partial charge is 0.343 e. The molecule has 0 rings (SSSR count). The molecule has 0 unspecified atom stereocenters. The zero-order valence-electron chi connectivity index (χ0n) is 6.20. The summed E-state index contributed by atoms with van der Waals surface area (Å²) in [6, 6.07) is 0. The van der Waals surface area contributed by atoms with E-state index in [1.165, 1.54) is 5.57 Å². The summed E-state index contributed by atoms with van der Waals surface area (Å²) in [5.41, 5.74) is 1.44. The van der Waals surface area contributed by atoms with Crippen molar-refractivity contribution in [3.05, 3.63) is 18.6 Å². The molecular formula is C7H13K. The van der Waals surface area contributed by atoms with Crippen LogP contribution in [0.5, 0.6) is 0 Å². The summed E-state index contributed by atoms with van der Waals surface area (Å²) in [6.45, 7) is 7.92. The second kappa shape index (κ2) is 8.38. The van der Waals surface area contributed by atoms with Crippen LogP contribution < -0.4 is 51.4 Å². The van der Waals surface area contributed by atoms with Crippen molar-refractivity contribution in [3.63, 3.8) is 0 Å². The van der Waals surface area contributed by atoms with Gasteiger partial charge in [0, 0.05) is 0 Å². The van der Waals surface area contributed by atoms with Crippen LogP contribution in [0.15, 0.2) is 11.6 Å². The fourth-order valence-corrected chi connectivity index (χ4v) is 0.423. The minimum Gasteiger partial charge on any atom is -0.343 e. The van der Waals surface area contributed by atoms with E-state index in [4.69, 9.17) is 0 Å². The number of hydrogen-bond donors (Lipinski definition) is 0. The third-order valence-electron chi connectivity index (χ3n) is 1.06. The van der Waals surface area contributed by atoms with E-state index in [1.54, 1.807) is 0 Å². The van der Waals surface area contributed by atoms with Crippen molar-refractivity contribution in [1.29, 1.82) is 0 Å².